The Balaban J connectivity index is 2.23. The Morgan fingerprint density at radius 3 is 2.52 bits per heavy atom. The topological polar surface area (TPSA) is 106 Å². The highest BCUT2D eigenvalue weighted by molar-refractivity contribution is 5.92. The maximum Gasteiger partial charge on any atom is 0.346 e. The van der Waals surface area contributed by atoms with E-state index < -0.39 is 17.6 Å². The highest BCUT2D eigenvalue weighted by atomic mass is 16.5. The van der Waals surface area contributed by atoms with Crippen molar-refractivity contribution >= 4 is 11.9 Å². The fourth-order valence-corrected chi connectivity index (χ4v) is 1.54. The Labute approximate surface area is 118 Å². The van der Waals surface area contributed by atoms with E-state index >= 15 is 0 Å². The number of rotatable bonds is 4. The predicted molar refractivity (Wildman–Crippen MR) is 67.3 cm³/mol. The molecule has 7 heteroatoms. The summed E-state index contributed by atoms with van der Waals surface area (Å²) >= 11 is 0. The molecular formula is C14H9O7-. The fraction of sp³-hybridized carbons (Fsp3) is 0.0714. The molecule has 0 spiro atoms. The van der Waals surface area contributed by atoms with Crippen LogP contribution in [0.3, 0.4) is 0 Å². The Hall–Kier alpha value is -3.09. The zero-order chi connectivity index (χ0) is 15.4. The number of carboxylic acid groups (broad SMARTS) is 1. The molecule has 0 N–H and O–H groups in total. The third kappa shape index (κ3) is 3.27. The van der Waals surface area contributed by atoms with E-state index in [1.54, 1.807) is 0 Å². The highest BCUT2D eigenvalue weighted by Crippen LogP contribution is 2.24. The SMILES string of the molecule is COc1cc(OC(=O)c2ccc(=O)oc2)ccc1C(=O)[O-]. The molecule has 2 aromatic rings. The molecule has 0 saturated carbocycles. The maximum atomic E-state index is 11.8. The van der Waals surface area contributed by atoms with Crippen molar-refractivity contribution in [2.45, 2.75) is 0 Å². The smallest absolute Gasteiger partial charge is 0.346 e. The lowest BCUT2D eigenvalue weighted by molar-refractivity contribution is -0.255. The maximum absolute atomic E-state index is 11.8. The number of aromatic carboxylic acids is 1. The molecule has 2 rings (SSSR count). The molecule has 0 bridgehead atoms. The molecule has 21 heavy (non-hydrogen) atoms. The van der Waals surface area contributed by atoms with Crippen LogP contribution < -0.4 is 20.2 Å². The third-order valence-electron chi connectivity index (χ3n) is 2.54. The summed E-state index contributed by atoms with van der Waals surface area (Å²) in [6.07, 6.45) is 0.970. The molecular weight excluding hydrogens is 280 g/mol. The van der Waals surface area contributed by atoms with Crippen LogP contribution in [0.5, 0.6) is 11.5 Å². The number of ether oxygens (including phenoxy) is 2. The number of methoxy groups -OCH3 is 1. The van der Waals surface area contributed by atoms with Crippen LogP contribution in [0.4, 0.5) is 0 Å². The number of hydrogen-bond acceptors (Lipinski definition) is 7. The minimum atomic E-state index is -1.41. The lowest BCUT2D eigenvalue weighted by Crippen LogP contribution is -2.23. The van der Waals surface area contributed by atoms with Crippen molar-refractivity contribution in [1.29, 1.82) is 0 Å². The van der Waals surface area contributed by atoms with Crippen molar-refractivity contribution in [3.63, 3.8) is 0 Å². The Kier molecular flexibility index (Phi) is 4.03. The van der Waals surface area contributed by atoms with E-state index in [2.05, 4.69) is 4.42 Å². The van der Waals surface area contributed by atoms with Gasteiger partial charge in [-0.25, -0.2) is 9.59 Å². The summed E-state index contributed by atoms with van der Waals surface area (Å²) in [5.41, 5.74) is -0.716. The molecule has 0 atom stereocenters. The third-order valence-corrected chi connectivity index (χ3v) is 2.54. The van der Waals surface area contributed by atoms with Crippen LogP contribution in [-0.4, -0.2) is 19.0 Å². The van der Waals surface area contributed by atoms with Crippen molar-refractivity contribution in [3.05, 3.63) is 58.1 Å². The van der Waals surface area contributed by atoms with Gasteiger partial charge in [0.15, 0.2) is 0 Å². The van der Waals surface area contributed by atoms with E-state index in [0.717, 1.165) is 12.3 Å². The average molecular weight is 289 g/mol. The number of benzene rings is 1. The minimum absolute atomic E-state index is 0.0000985. The van der Waals surface area contributed by atoms with Crippen LogP contribution in [0, 0.1) is 0 Å². The van der Waals surface area contributed by atoms with Gasteiger partial charge < -0.3 is 23.8 Å². The molecule has 1 heterocycles. The van der Waals surface area contributed by atoms with Crippen LogP contribution in [0.1, 0.15) is 20.7 Å². The van der Waals surface area contributed by atoms with Crippen molar-refractivity contribution < 1.29 is 28.6 Å². The highest BCUT2D eigenvalue weighted by Gasteiger charge is 2.12. The van der Waals surface area contributed by atoms with E-state index in [-0.39, 0.29) is 22.6 Å². The van der Waals surface area contributed by atoms with Gasteiger partial charge in [-0.2, -0.15) is 0 Å². The molecule has 1 aromatic heterocycles. The van der Waals surface area contributed by atoms with Crippen LogP contribution in [0.25, 0.3) is 0 Å². The van der Waals surface area contributed by atoms with Gasteiger partial charge in [-0.3, -0.25) is 0 Å². The van der Waals surface area contributed by atoms with Gasteiger partial charge in [0.05, 0.1) is 18.6 Å². The second-order valence-electron chi connectivity index (χ2n) is 3.88. The summed E-state index contributed by atoms with van der Waals surface area (Å²) < 4.78 is 14.4. The molecule has 0 saturated heterocycles. The summed E-state index contributed by atoms with van der Waals surface area (Å²) in [7, 11) is 1.28. The van der Waals surface area contributed by atoms with E-state index in [9.17, 15) is 19.5 Å². The molecule has 108 valence electrons. The van der Waals surface area contributed by atoms with Gasteiger partial charge >= 0.3 is 11.6 Å². The summed E-state index contributed by atoms with van der Waals surface area (Å²) in [6.45, 7) is 0. The zero-order valence-corrected chi connectivity index (χ0v) is 10.8. The van der Waals surface area contributed by atoms with E-state index in [0.29, 0.717) is 0 Å². The van der Waals surface area contributed by atoms with Gasteiger partial charge in [0, 0.05) is 17.7 Å². The number of carbonyl (C=O) groups is 2. The first-order valence-corrected chi connectivity index (χ1v) is 5.71. The molecule has 0 radical (unpaired) electrons. The van der Waals surface area contributed by atoms with Gasteiger partial charge in [0.2, 0.25) is 0 Å². The fourth-order valence-electron chi connectivity index (χ4n) is 1.54. The largest absolute Gasteiger partial charge is 0.545 e. The van der Waals surface area contributed by atoms with Crippen molar-refractivity contribution in [3.8, 4) is 11.5 Å². The number of carboxylic acids is 1. The van der Waals surface area contributed by atoms with Crippen molar-refractivity contribution in [2.75, 3.05) is 7.11 Å². The van der Waals surface area contributed by atoms with Crippen molar-refractivity contribution in [1.82, 2.24) is 0 Å². The van der Waals surface area contributed by atoms with Gasteiger partial charge in [0.1, 0.15) is 17.8 Å². The van der Waals surface area contributed by atoms with E-state index in [4.69, 9.17) is 9.47 Å². The summed E-state index contributed by atoms with van der Waals surface area (Å²) in [6, 6.07) is 6.05. The second-order valence-corrected chi connectivity index (χ2v) is 3.88. The first-order chi connectivity index (χ1) is 10.0. The Morgan fingerprint density at radius 2 is 1.95 bits per heavy atom. The minimum Gasteiger partial charge on any atom is -0.545 e. The number of carbonyl (C=O) groups excluding carboxylic acids is 2. The van der Waals surface area contributed by atoms with Gasteiger partial charge in [-0.1, -0.05) is 0 Å². The summed E-state index contributed by atoms with van der Waals surface area (Å²) in [4.78, 5) is 33.4. The molecule has 1 aromatic carbocycles. The average Bonchev–Trinajstić information content (AvgIpc) is 2.47. The zero-order valence-electron chi connectivity index (χ0n) is 10.8. The Bertz CT molecular complexity index is 725. The van der Waals surface area contributed by atoms with Crippen LogP contribution in [0.2, 0.25) is 0 Å². The van der Waals surface area contributed by atoms with Crippen LogP contribution >= 0.6 is 0 Å². The van der Waals surface area contributed by atoms with Gasteiger partial charge in [0.25, 0.3) is 0 Å². The standard InChI is InChI=1S/C14H10O7/c1-19-11-6-9(3-4-10(11)13(16)17)21-14(18)8-2-5-12(15)20-7-8/h2-7H,1H3,(H,16,17)/p-1. The Morgan fingerprint density at radius 1 is 1.19 bits per heavy atom. The molecule has 0 aliphatic heterocycles. The lowest BCUT2D eigenvalue weighted by Gasteiger charge is -2.11. The molecule has 0 fully saturated rings. The van der Waals surface area contributed by atoms with E-state index in [1.165, 1.54) is 31.4 Å². The second kappa shape index (κ2) is 5.91. The molecule has 7 nitrogen and oxygen atoms in total. The number of hydrogen-bond donors (Lipinski definition) is 0. The lowest BCUT2D eigenvalue weighted by atomic mass is 10.2. The summed E-state index contributed by atoms with van der Waals surface area (Å²) in [5.74, 6) is -2.09. The normalized spacial score (nSPS) is 9.95. The first-order valence-electron chi connectivity index (χ1n) is 5.71. The molecule has 0 aliphatic rings. The van der Waals surface area contributed by atoms with Crippen molar-refractivity contribution in [2.24, 2.45) is 0 Å². The van der Waals surface area contributed by atoms with Gasteiger partial charge in [-0.05, 0) is 18.2 Å². The monoisotopic (exact) mass is 289 g/mol. The molecule has 0 unspecified atom stereocenters. The first kappa shape index (κ1) is 14.3. The summed E-state index contributed by atoms with van der Waals surface area (Å²) in [5, 5.41) is 10.8. The molecule has 0 aliphatic carbocycles. The van der Waals surface area contributed by atoms with Crippen LogP contribution in [-0.2, 0) is 0 Å². The van der Waals surface area contributed by atoms with Crippen LogP contribution in [0.15, 0.2) is 45.8 Å². The predicted octanol–water partition coefficient (Wildman–Crippen LogP) is 0.231. The van der Waals surface area contributed by atoms with Gasteiger partial charge in [-0.15, -0.1) is 0 Å². The quantitative estimate of drug-likeness (QED) is 0.586. The number of esters is 1. The van der Waals surface area contributed by atoms with E-state index in [1.807, 2.05) is 0 Å². The molecule has 0 amide bonds.